The first-order valence-electron chi connectivity index (χ1n) is 9.50. The molecule has 2 aromatic rings. The van der Waals surface area contributed by atoms with Gasteiger partial charge in [0.15, 0.2) is 0 Å². The predicted octanol–water partition coefficient (Wildman–Crippen LogP) is 1.76. The lowest BCUT2D eigenvalue weighted by Gasteiger charge is -2.20. The van der Waals surface area contributed by atoms with E-state index in [1.807, 2.05) is 25.1 Å². The highest BCUT2D eigenvalue weighted by molar-refractivity contribution is 7.89. The summed E-state index contributed by atoms with van der Waals surface area (Å²) < 4.78 is 40.5. The van der Waals surface area contributed by atoms with E-state index in [1.54, 1.807) is 11.9 Å². The van der Waals surface area contributed by atoms with E-state index < -0.39 is 15.8 Å². The van der Waals surface area contributed by atoms with Gasteiger partial charge in [0, 0.05) is 53.1 Å². The molecule has 3 rings (SSSR count). The van der Waals surface area contributed by atoms with E-state index in [-0.39, 0.29) is 28.8 Å². The summed E-state index contributed by atoms with van der Waals surface area (Å²) in [7, 11) is 3.01. The number of carbonyl (C=O) groups excluding carboxylic acids is 1. The van der Waals surface area contributed by atoms with Crippen LogP contribution in [0.4, 0.5) is 10.2 Å². The molecule has 0 bridgehead atoms. The number of hydrogen-bond acceptors (Lipinski definition) is 6. The van der Waals surface area contributed by atoms with Crippen LogP contribution in [0.25, 0.3) is 0 Å². The zero-order chi connectivity index (χ0) is 22.2. The number of anilines is 1. The SMILES string of the molecule is Cc1cc(S(=O)(=O)N(C)Cc2nc([C@@H]3CC(=O)N(C)C3)cc(N(C)C)n2)ccc1F. The fraction of sp³-hybridized carbons (Fsp3) is 0.450. The normalized spacial score (nSPS) is 17.1. The molecule has 1 saturated heterocycles. The number of benzene rings is 1. The smallest absolute Gasteiger partial charge is 0.243 e. The van der Waals surface area contributed by atoms with Crippen molar-refractivity contribution in [2.75, 3.05) is 39.6 Å². The number of amides is 1. The van der Waals surface area contributed by atoms with Gasteiger partial charge in [-0.05, 0) is 30.7 Å². The van der Waals surface area contributed by atoms with Crippen LogP contribution in [0, 0.1) is 12.7 Å². The largest absolute Gasteiger partial charge is 0.363 e. The second kappa shape index (κ2) is 8.27. The molecular formula is C20H26FN5O3S. The number of aromatic nitrogens is 2. The van der Waals surface area contributed by atoms with Gasteiger partial charge in [-0.3, -0.25) is 4.79 Å². The third-order valence-corrected chi connectivity index (χ3v) is 7.00. The summed E-state index contributed by atoms with van der Waals surface area (Å²) in [5, 5.41) is 0. The fourth-order valence-corrected chi connectivity index (χ4v) is 4.53. The van der Waals surface area contributed by atoms with Crippen LogP contribution in [0.2, 0.25) is 0 Å². The molecule has 1 fully saturated rings. The number of halogens is 1. The molecule has 0 saturated carbocycles. The summed E-state index contributed by atoms with van der Waals surface area (Å²) in [5.41, 5.74) is 0.970. The minimum atomic E-state index is -3.85. The highest BCUT2D eigenvalue weighted by atomic mass is 32.2. The average Bonchev–Trinajstić information content (AvgIpc) is 3.02. The van der Waals surface area contributed by atoms with Gasteiger partial charge in [0.1, 0.15) is 17.5 Å². The molecular weight excluding hydrogens is 409 g/mol. The molecule has 1 aromatic heterocycles. The van der Waals surface area contributed by atoms with Crippen molar-refractivity contribution >= 4 is 21.7 Å². The molecule has 0 N–H and O–H groups in total. The van der Waals surface area contributed by atoms with Gasteiger partial charge in [0.2, 0.25) is 15.9 Å². The Labute approximate surface area is 176 Å². The molecule has 0 radical (unpaired) electrons. The first-order valence-corrected chi connectivity index (χ1v) is 10.9. The van der Waals surface area contributed by atoms with Crippen LogP contribution >= 0.6 is 0 Å². The Balaban J connectivity index is 1.91. The zero-order valence-electron chi connectivity index (χ0n) is 17.8. The first kappa shape index (κ1) is 22.1. The lowest BCUT2D eigenvalue weighted by atomic mass is 10.0. The molecule has 1 aliphatic rings. The van der Waals surface area contributed by atoms with Crippen molar-refractivity contribution in [1.29, 1.82) is 0 Å². The summed E-state index contributed by atoms with van der Waals surface area (Å²) in [4.78, 5) is 24.5. The van der Waals surface area contributed by atoms with Gasteiger partial charge >= 0.3 is 0 Å². The Morgan fingerprint density at radius 2 is 1.90 bits per heavy atom. The number of likely N-dealkylation sites (tertiary alicyclic amines) is 1. The van der Waals surface area contributed by atoms with Crippen molar-refractivity contribution in [3.05, 3.63) is 47.2 Å². The summed E-state index contributed by atoms with van der Waals surface area (Å²) in [6, 6.07) is 5.53. The minimum Gasteiger partial charge on any atom is -0.363 e. The molecule has 0 spiro atoms. The van der Waals surface area contributed by atoms with E-state index in [4.69, 9.17) is 0 Å². The van der Waals surface area contributed by atoms with Gasteiger partial charge in [-0.2, -0.15) is 4.31 Å². The van der Waals surface area contributed by atoms with Crippen molar-refractivity contribution in [2.45, 2.75) is 30.7 Å². The molecule has 1 aromatic carbocycles. The third kappa shape index (κ3) is 4.44. The Morgan fingerprint density at radius 3 is 2.47 bits per heavy atom. The minimum absolute atomic E-state index is 0.0101. The number of likely N-dealkylation sites (N-methyl/N-ethyl adjacent to an activating group) is 1. The van der Waals surface area contributed by atoms with E-state index in [1.165, 1.54) is 26.1 Å². The standard InChI is InChI=1S/C20H26FN5O3S/c1-13-8-15(6-7-16(13)21)30(28,29)26(5)12-18-22-17(10-19(23-18)24(2)3)14-9-20(27)25(4)11-14/h6-8,10,14H,9,11-12H2,1-5H3/t14-/m1/s1. The molecule has 162 valence electrons. The maximum atomic E-state index is 13.5. The molecule has 1 aliphatic heterocycles. The Hall–Kier alpha value is -2.59. The number of hydrogen-bond donors (Lipinski definition) is 0. The fourth-order valence-electron chi connectivity index (χ4n) is 3.32. The van der Waals surface area contributed by atoms with Crippen LogP contribution in [-0.4, -0.2) is 68.2 Å². The number of carbonyl (C=O) groups is 1. The Kier molecular flexibility index (Phi) is 6.09. The van der Waals surface area contributed by atoms with Gasteiger partial charge in [-0.15, -0.1) is 0 Å². The molecule has 10 heteroatoms. The van der Waals surface area contributed by atoms with Crippen LogP contribution in [0.15, 0.2) is 29.2 Å². The summed E-state index contributed by atoms with van der Waals surface area (Å²) in [6.45, 7) is 2.03. The molecule has 1 atom stereocenters. The first-order chi connectivity index (χ1) is 14.0. The van der Waals surface area contributed by atoms with Crippen LogP contribution in [0.1, 0.15) is 29.4 Å². The molecule has 2 heterocycles. The Morgan fingerprint density at radius 1 is 1.20 bits per heavy atom. The summed E-state index contributed by atoms with van der Waals surface area (Å²) >= 11 is 0. The molecule has 8 nitrogen and oxygen atoms in total. The van der Waals surface area contributed by atoms with E-state index in [0.717, 1.165) is 10.4 Å². The van der Waals surface area contributed by atoms with Crippen LogP contribution < -0.4 is 4.90 Å². The van der Waals surface area contributed by atoms with Crippen molar-refractivity contribution in [1.82, 2.24) is 19.2 Å². The van der Waals surface area contributed by atoms with Crippen molar-refractivity contribution in [2.24, 2.45) is 0 Å². The van der Waals surface area contributed by atoms with Gasteiger partial charge in [-0.1, -0.05) is 0 Å². The predicted molar refractivity (Wildman–Crippen MR) is 111 cm³/mol. The molecule has 30 heavy (non-hydrogen) atoms. The number of sulfonamides is 1. The van der Waals surface area contributed by atoms with E-state index in [9.17, 15) is 17.6 Å². The average molecular weight is 436 g/mol. The van der Waals surface area contributed by atoms with Crippen LogP contribution in [-0.2, 0) is 21.4 Å². The zero-order valence-corrected chi connectivity index (χ0v) is 18.6. The number of aryl methyl sites for hydroxylation is 1. The van der Waals surface area contributed by atoms with Gasteiger partial charge in [0.05, 0.1) is 17.1 Å². The monoisotopic (exact) mass is 435 g/mol. The van der Waals surface area contributed by atoms with Gasteiger partial charge in [0.25, 0.3) is 0 Å². The quantitative estimate of drug-likeness (QED) is 0.687. The van der Waals surface area contributed by atoms with Crippen LogP contribution in [0.3, 0.4) is 0 Å². The second-order valence-corrected chi connectivity index (χ2v) is 9.85. The second-order valence-electron chi connectivity index (χ2n) is 7.81. The Bertz CT molecular complexity index is 1070. The molecule has 1 amide bonds. The van der Waals surface area contributed by atoms with Gasteiger partial charge in [-0.25, -0.2) is 22.8 Å². The van der Waals surface area contributed by atoms with Crippen molar-refractivity contribution in [3.8, 4) is 0 Å². The summed E-state index contributed by atoms with van der Waals surface area (Å²) in [5.74, 6) is 0.505. The number of rotatable bonds is 6. The summed E-state index contributed by atoms with van der Waals surface area (Å²) in [6.07, 6.45) is 0.364. The van der Waals surface area contributed by atoms with Crippen molar-refractivity contribution < 1.29 is 17.6 Å². The highest BCUT2D eigenvalue weighted by Crippen LogP contribution is 2.28. The van der Waals surface area contributed by atoms with Gasteiger partial charge < -0.3 is 9.80 Å². The van der Waals surface area contributed by atoms with E-state index in [2.05, 4.69) is 9.97 Å². The van der Waals surface area contributed by atoms with E-state index >= 15 is 0 Å². The molecule has 0 aliphatic carbocycles. The highest BCUT2D eigenvalue weighted by Gasteiger charge is 2.30. The lowest BCUT2D eigenvalue weighted by molar-refractivity contribution is -0.126. The van der Waals surface area contributed by atoms with E-state index in [0.29, 0.717) is 30.3 Å². The van der Waals surface area contributed by atoms with Crippen LogP contribution in [0.5, 0.6) is 0 Å². The third-order valence-electron chi connectivity index (χ3n) is 5.20. The topological polar surface area (TPSA) is 86.7 Å². The maximum Gasteiger partial charge on any atom is 0.243 e. The van der Waals surface area contributed by atoms with Crippen molar-refractivity contribution in [3.63, 3.8) is 0 Å². The molecule has 0 unspecified atom stereocenters. The maximum absolute atomic E-state index is 13.5. The number of nitrogens with zero attached hydrogens (tertiary/aromatic N) is 5. The lowest BCUT2D eigenvalue weighted by Crippen LogP contribution is -2.28.